The monoisotopic (exact) mass is 341 g/mol. The summed E-state index contributed by atoms with van der Waals surface area (Å²) in [5.41, 5.74) is 2.84. The number of hydrogen-bond acceptors (Lipinski definition) is 1. The Morgan fingerprint density at radius 3 is 2.63 bits per heavy atom. The first-order chi connectivity index (χ1) is 8.80. The third-order valence-corrected chi connectivity index (χ3v) is 6.48. The van der Waals surface area contributed by atoms with E-state index >= 15 is 0 Å². The predicted molar refractivity (Wildman–Crippen MR) is 83.4 cm³/mol. The fourth-order valence-electron chi connectivity index (χ4n) is 3.29. The van der Waals surface area contributed by atoms with Crippen LogP contribution in [0.15, 0.2) is 22.7 Å². The van der Waals surface area contributed by atoms with Crippen LogP contribution in [0.2, 0.25) is 0 Å². The highest BCUT2D eigenvalue weighted by Crippen LogP contribution is 2.64. The maximum absolute atomic E-state index is 12.6. The Labute approximate surface area is 126 Å². The first-order valence-corrected chi connectivity index (χ1v) is 8.65. The molecule has 1 aromatic carbocycles. The lowest BCUT2D eigenvalue weighted by molar-refractivity contribution is 0.363. The second kappa shape index (κ2) is 4.40. The molecule has 0 radical (unpaired) electrons. The van der Waals surface area contributed by atoms with Crippen molar-refractivity contribution in [2.75, 3.05) is 7.05 Å². The Hall–Kier alpha value is -0.190. The topological polar surface area (TPSA) is 20.3 Å². The van der Waals surface area contributed by atoms with E-state index in [4.69, 9.17) is 0 Å². The molecular weight excluding hydrogens is 322 g/mol. The zero-order valence-corrected chi connectivity index (χ0v) is 14.2. The molecule has 3 rings (SSSR count). The minimum Gasteiger partial charge on any atom is -0.242 e. The van der Waals surface area contributed by atoms with Crippen LogP contribution in [-0.4, -0.2) is 20.3 Å². The van der Waals surface area contributed by atoms with Gasteiger partial charge in [-0.1, -0.05) is 22.0 Å². The highest BCUT2D eigenvalue weighted by Gasteiger charge is 2.54. The Bertz CT molecular complexity index is 552. The molecule has 2 aliphatic rings. The van der Waals surface area contributed by atoms with Crippen molar-refractivity contribution < 1.29 is 4.21 Å². The van der Waals surface area contributed by atoms with Crippen LogP contribution >= 0.6 is 15.9 Å². The average Bonchev–Trinajstić information content (AvgIpc) is 3.03. The molecule has 0 bridgehead atoms. The quantitative estimate of drug-likeness (QED) is 0.795. The van der Waals surface area contributed by atoms with E-state index in [0.29, 0.717) is 17.9 Å². The van der Waals surface area contributed by atoms with Gasteiger partial charge in [0.15, 0.2) is 0 Å². The Morgan fingerprint density at radius 1 is 1.32 bits per heavy atom. The van der Waals surface area contributed by atoms with Crippen molar-refractivity contribution in [2.24, 2.45) is 5.92 Å². The van der Waals surface area contributed by atoms with Crippen molar-refractivity contribution in [3.8, 4) is 0 Å². The summed E-state index contributed by atoms with van der Waals surface area (Å²) in [6, 6.07) is 6.87. The highest BCUT2D eigenvalue weighted by molar-refractivity contribution is 9.10. The third-order valence-electron chi connectivity index (χ3n) is 4.19. The largest absolute Gasteiger partial charge is 0.242 e. The molecule has 0 aromatic heterocycles. The first-order valence-electron chi connectivity index (χ1n) is 6.75. The van der Waals surface area contributed by atoms with Crippen LogP contribution in [0.1, 0.15) is 50.3 Å². The molecule has 104 valence electrons. The summed E-state index contributed by atoms with van der Waals surface area (Å²) in [6.07, 6.45) is 1.25. The van der Waals surface area contributed by atoms with Crippen LogP contribution in [-0.2, 0) is 11.0 Å². The lowest BCUT2D eigenvalue weighted by Gasteiger charge is -2.31. The van der Waals surface area contributed by atoms with Gasteiger partial charge in [-0.15, -0.1) is 0 Å². The van der Waals surface area contributed by atoms with Crippen LogP contribution in [0, 0.1) is 5.92 Å². The van der Waals surface area contributed by atoms with Crippen LogP contribution in [0.3, 0.4) is 0 Å². The lowest BCUT2D eigenvalue weighted by atomic mass is 10.0. The highest BCUT2D eigenvalue weighted by atomic mass is 79.9. The first kappa shape index (κ1) is 13.8. The Kier molecular flexibility index (Phi) is 3.19. The fraction of sp³-hybridized carbons (Fsp3) is 0.600. The molecular formula is C15H20BrNOS. The molecule has 0 aliphatic heterocycles. The van der Waals surface area contributed by atoms with Gasteiger partial charge in [0.2, 0.25) is 0 Å². The van der Waals surface area contributed by atoms with Gasteiger partial charge in [0, 0.05) is 11.5 Å². The average molecular weight is 342 g/mol. The van der Waals surface area contributed by atoms with Gasteiger partial charge in [-0.3, -0.25) is 0 Å². The van der Waals surface area contributed by atoms with Crippen LogP contribution in [0.5, 0.6) is 0 Å². The lowest BCUT2D eigenvalue weighted by Crippen LogP contribution is -2.37. The second-order valence-electron chi connectivity index (χ2n) is 6.63. The number of hydrogen-bond donors (Lipinski definition) is 0. The van der Waals surface area contributed by atoms with Crippen molar-refractivity contribution in [3.05, 3.63) is 33.8 Å². The summed E-state index contributed by atoms with van der Waals surface area (Å²) in [7, 11) is 1.06. The summed E-state index contributed by atoms with van der Waals surface area (Å²) in [6.45, 7) is 6.13. The van der Waals surface area contributed by atoms with Crippen molar-refractivity contribution in [1.82, 2.24) is 4.31 Å². The van der Waals surface area contributed by atoms with Gasteiger partial charge in [-0.2, -0.15) is 0 Å². The van der Waals surface area contributed by atoms with E-state index in [1.807, 2.05) is 27.8 Å². The number of fused-ring (bicyclic) bond motifs is 3. The molecule has 0 saturated heterocycles. The van der Waals surface area contributed by atoms with Gasteiger partial charge in [-0.05, 0) is 62.3 Å². The molecule has 2 nitrogen and oxygen atoms in total. The van der Waals surface area contributed by atoms with E-state index in [1.165, 1.54) is 17.5 Å². The zero-order valence-electron chi connectivity index (χ0n) is 11.8. The SMILES string of the molecule is CN(C1c2ccc(Br)cc2C2CC21)S(=O)C(C)(C)C. The van der Waals surface area contributed by atoms with Crippen LogP contribution in [0.25, 0.3) is 0 Å². The van der Waals surface area contributed by atoms with Crippen molar-refractivity contribution in [3.63, 3.8) is 0 Å². The van der Waals surface area contributed by atoms with Gasteiger partial charge in [0.05, 0.1) is 10.8 Å². The van der Waals surface area contributed by atoms with E-state index in [2.05, 4.69) is 38.4 Å². The summed E-state index contributed by atoms with van der Waals surface area (Å²) < 4.78 is 15.7. The number of rotatable bonds is 2. The second-order valence-corrected chi connectivity index (χ2v) is 9.85. The smallest absolute Gasteiger partial charge is 0.100 e. The predicted octanol–water partition coefficient (Wildman–Crippen LogP) is 4.00. The minimum atomic E-state index is -0.957. The Balaban J connectivity index is 1.95. The maximum atomic E-state index is 12.6. The van der Waals surface area contributed by atoms with E-state index in [-0.39, 0.29) is 4.75 Å². The maximum Gasteiger partial charge on any atom is 0.100 e. The number of nitrogens with zero attached hydrogens (tertiary/aromatic N) is 1. The van der Waals surface area contributed by atoms with Crippen molar-refractivity contribution in [1.29, 1.82) is 0 Å². The Morgan fingerprint density at radius 2 is 2.00 bits per heavy atom. The molecule has 19 heavy (non-hydrogen) atoms. The van der Waals surface area contributed by atoms with Crippen LogP contribution in [0.4, 0.5) is 0 Å². The van der Waals surface area contributed by atoms with E-state index in [0.717, 1.165) is 4.47 Å². The normalized spacial score (nSPS) is 30.1. The van der Waals surface area contributed by atoms with Gasteiger partial charge in [0.25, 0.3) is 0 Å². The summed E-state index contributed by atoms with van der Waals surface area (Å²) >= 11 is 3.55. The molecule has 0 N–H and O–H groups in total. The van der Waals surface area contributed by atoms with E-state index < -0.39 is 11.0 Å². The van der Waals surface area contributed by atoms with Crippen LogP contribution < -0.4 is 0 Å². The molecule has 0 amide bonds. The van der Waals surface area contributed by atoms with E-state index in [9.17, 15) is 4.21 Å². The van der Waals surface area contributed by atoms with E-state index in [1.54, 1.807) is 0 Å². The number of benzene rings is 1. The molecule has 4 atom stereocenters. The summed E-state index contributed by atoms with van der Waals surface area (Å²) in [5.74, 6) is 1.36. The summed E-state index contributed by atoms with van der Waals surface area (Å²) in [5, 5.41) is 0. The summed E-state index contributed by atoms with van der Waals surface area (Å²) in [4.78, 5) is 0. The molecule has 0 heterocycles. The minimum absolute atomic E-state index is 0.197. The molecule has 1 aromatic rings. The van der Waals surface area contributed by atoms with Gasteiger partial charge >= 0.3 is 0 Å². The van der Waals surface area contributed by atoms with Gasteiger partial charge in [-0.25, -0.2) is 8.51 Å². The molecule has 4 heteroatoms. The van der Waals surface area contributed by atoms with Gasteiger partial charge < -0.3 is 0 Å². The zero-order chi connectivity index (χ0) is 13.9. The molecule has 2 aliphatic carbocycles. The molecule has 4 unspecified atom stereocenters. The molecule has 1 saturated carbocycles. The van der Waals surface area contributed by atoms with Gasteiger partial charge in [0.1, 0.15) is 11.0 Å². The molecule has 1 fully saturated rings. The molecule has 0 spiro atoms. The number of halogens is 1. The third kappa shape index (κ3) is 2.22. The fourth-order valence-corrected chi connectivity index (χ4v) is 5.01. The van der Waals surface area contributed by atoms with Crippen molar-refractivity contribution >= 4 is 26.9 Å². The van der Waals surface area contributed by atoms with Crippen molar-refractivity contribution in [2.45, 2.75) is 43.9 Å². The standard InChI is InChI=1S/C15H20BrNOS/c1-15(2,3)19(18)17(4)14-10-6-5-9(16)7-11(10)12-8-13(12)14/h5-7,12-14H,8H2,1-4H3.